The fourth-order valence-corrected chi connectivity index (χ4v) is 2.65. The van der Waals surface area contributed by atoms with Crippen molar-refractivity contribution in [2.75, 3.05) is 13.7 Å². The minimum atomic E-state index is -0.348. The van der Waals surface area contributed by atoms with Crippen molar-refractivity contribution < 1.29 is 13.9 Å². The second-order valence-electron chi connectivity index (χ2n) is 5.17. The lowest BCUT2D eigenvalue weighted by Gasteiger charge is -2.19. The molecule has 110 valence electrons. The van der Waals surface area contributed by atoms with Gasteiger partial charge < -0.3 is 9.47 Å². The highest BCUT2D eigenvalue weighted by atomic mass is 19.1. The zero-order valence-corrected chi connectivity index (χ0v) is 12.0. The van der Waals surface area contributed by atoms with Gasteiger partial charge in [0, 0.05) is 17.6 Å². The normalized spacial score (nSPS) is 19.2. The lowest BCUT2D eigenvalue weighted by Crippen LogP contribution is -2.16. The van der Waals surface area contributed by atoms with Crippen molar-refractivity contribution in [3.8, 4) is 5.75 Å². The van der Waals surface area contributed by atoms with Gasteiger partial charge in [-0.15, -0.1) is 0 Å². The molecular weight excluding hydrogens is 269 g/mol. The molecule has 1 aliphatic heterocycles. The first-order valence-corrected chi connectivity index (χ1v) is 7.20. The molecule has 1 fully saturated rings. The first-order valence-electron chi connectivity index (χ1n) is 7.20. The van der Waals surface area contributed by atoms with E-state index >= 15 is 0 Å². The summed E-state index contributed by atoms with van der Waals surface area (Å²) in [6.45, 7) is 0.803. The Morgan fingerprint density at radius 2 is 2.29 bits per heavy atom. The van der Waals surface area contributed by atoms with E-state index in [1.807, 2.05) is 24.3 Å². The van der Waals surface area contributed by atoms with Crippen LogP contribution in [0.4, 0.5) is 4.39 Å². The summed E-state index contributed by atoms with van der Waals surface area (Å²) >= 11 is 0. The van der Waals surface area contributed by atoms with Crippen molar-refractivity contribution in [2.45, 2.75) is 25.4 Å². The molecule has 1 aromatic heterocycles. The zero-order valence-electron chi connectivity index (χ0n) is 12.0. The molecule has 0 amide bonds. The molecule has 2 heterocycles. The summed E-state index contributed by atoms with van der Waals surface area (Å²) in [6.07, 6.45) is 8.66. The summed E-state index contributed by atoms with van der Waals surface area (Å²) in [5.74, 6) is 0.362. The first kappa shape index (κ1) is 14.0. The molecule has 0 spiro atoms. The Morgan fingerprint density at radius 3 is 3.05 bits per heavy atom. The van der Waals surface area contributed by atoms with E-state index in [1.54, 1.807) is 7.11 Å². The average Bonchev–Trinajstić information content (AvgIpc) is 2.53. The molecule has 4 heteroatoms. The fourth-order valence-electron chi connectivity index (χ4n) is 2.65. The van der Waals surface area contributed by atoms with E-state index < -0.39 is 0 Å². The van der Waals surface area contributed by atoms with Crippen molar-refractivity contribution in [3.63, 3.8) is 0 Å². The highest BCUT2D eigenvalue weighted by Gasteiger charge is 2.12. The van der Waals surface area contributed by atoms with Crippen LogP contribution in [-0.2, 0) is 4.74 Å². The van der Waals surface area contributed by atoms with Gasteiger partial charge in [0.25, 0.3) is 0 Å². The number of ether oxygens (including phenoxy) is 2. The number of aromatic nitrogens is 1. The van der Waals surface area contributed by atoms with Gasteiger partial charge in [-0.2, -0.15) is 0 Å². The standard InChI is InChI=1S/C17H18FNO2/c1-20-17-8-7-16-15(10-12(18)11-19-16)14(17)6-5-13-4-2-3-9-21-13/h5-8,10-11,13H,2-4,9H2,1H3. The third kappa shape index (κ3) is 3.05. The van der Waals surface area contributed by atoms with Crippen LogP contribution in [-0.4, -0.2) is 24.8 Å². The maximum atomic E-state index is 13.5. The van der Waals surface area contributed by atoms with Gasteiger partial charge >= 0.3 is 0 Å². The molecule has 0 aliphatic carbocycles. The van der Waals surface area contributed by atoms with Gasteiger partial charge in [-0.3, -0.25) is 4.98 Å². The van der Waals surface area contributed by atoms with Crippen molar-refractivity contribution in [1.29, 1.82) is 0 Å². The number of fused-ring (bicyclic) bond motifs is 1. The highest BCUT2D eigenvalue weighted by molar-refractivity contribution is 5.90. The topological polar surface area (TPSA) is 31.4 Å². The number of halogens is 1. The van der Waals surface area contributed by atoms with E-state index in [9.17, 15) is 4.39 Å². The van der Waals surface area contributed by atoms with E-state index in [-0.39, 0.29) is 11.9 Å². The van der Waals surface area contributed by atoms with E-state index in [0.717, 1.165) is 35.9 Å². The summed E-state index contributed by atoms with van der Waals surface area (Å²) in [4.78, 5) is 4.12. The Kier molecular flexibility index (Phi) is 4.15. The number of pyridine rings is 1. The predicted molar refractivity (Wildman–Crippen MR) is 80.9 cm³/mol. The number of hydrogen-bond acceptors (Lipinski definition) is 3. The second kappa shape index (κ2) is 6.22. The summed E-state index contributed by atoms with van der Waals surface area (Å²) in [7, 11) is 1.61. The largest absolute Gasteiger partial charge is 0.496 e. The quantitative estimate of drug-likeness (QED) is 0.856. The smallest absolute Gasteiger partial charge is 0.142 e. The number of rotatable bonds is 3. The van der Waals surface area contributed by atoms with Crippen LogP contribution < -0.4 is 4.74 Å². The van der Waals surface area contributed by atoms with Crippen LogP contribution in [0.15, 0.2) is 30.5 Å². The van der Waals surface area contributed by atoms with Crippen molar-refractivity contribution >= 4 is 17.0 Å². The molecule has 1 aliphatic rings. The molecule has 0 saturated carbocycles. The maximum absolute atomic E-state index is 13.5. The van der Waals surface area contributed by atoms with Crippen LogP contribution in [0.2, 0.25) is 0 Å². The number of benzene rings is 1. The van der Waals surface area contributed by atoms with Gasteiger partial charge in [0.2, 0.25) is 0 Å². The molecule has 21 heavy (non-hydrogen) atoms. The monoisotopic (exact) mass is 287 g/mol. The highest BCUT2D eigenvalue weighted by Crippen LogP contribution is 2.29. The van der Waals surface area contributed by atoms with Crippen molar-refractivity contribution in [1.82, 2.24) is 4.98 Å². The lowest BCUT2D eigenvalue weighted by molar-refractivity contribution is 0.0471. The van der Waals surface area contributed by atoms with Gasteiger partial charge in [-0.25, -0.2) is 4.39 Å². The van der Waals surface area contributed by atoms with Crippen LogP contribution in [0.1, 0.15) is 24.8 Å². The Bertz CT molecular complexity index is 663. The zero-order chi connectivity index (χ0) is 14.7. The molecule has 1 aromatic carbocycles. The number of hydrogen-bond donors (Lipinski definition) is 0. The molecule has 1 saturated heterocycles. The Labute approximate surface area is 123 Å². The Hall–Kier alpha value is -1.94. The first-order chi connectivity index (χ1) is 10.3. The van der Waals surface area contributed by atoms with Gasteiger partial charge in [0.05, 0.1) is 24.9 Å². The minimum Gasteiger partial charge on any atom is -0.496 e. The Balaban J connectivity index is 2.01. The number of methoxy groups -OCH3 is 1. The summed E-state index contributed by atoms with van der Waals surface area (Å²) in [5.41, 5.74) is 1.59. The van der Waals surface area contributed by atoms with E-state index in [4.69, 9.17) is 9.47 Å². The van der Waals surface area contributed by atoms with Crippen LogP contribution in [0, 0.1) is 5.82 Å². The fraction of sp³-hybridized carbons (Fsp3) is 0.353. The minimum absolute atomic E-state index is 0.125. The molecule has 0 N–H and O–H groups in total. The van der Waals surface area contributed by atoms with Gasteiger partial charge in [-0.1, -0.05) is 12.2 Å². The molecule has 0 bridgehead atoms. The summed E-state index contributed by atoms with van der Waals surface area (Å²) in [6, 6.07) is 5.18. The Morgan fingerprint density at radius 1 is 1.38 bits per heavy atom. The van der Waals surface area contributed by atoms with E-state index in [2.05, 4.69) is 4.98 Å². The molecule has 3 rings (SSSR count). The van der Waals surface area contributed by atoms with Crippen LogP contribution in [0.25, 0.3) is 17.0 Å². The van der Waals surface area contributed by atoms with E-state index in [0.29, 0.717) is 5.75 Å². The summed E-state index contributed by atoms with van der Waals surface area (Å²) in [5, 5.41) is 0.751. The van der Waals surface area contributed by atoms with Crippen molar-refractivity contribution in [3.05, 3.63) is 41.9 Å². The maximum Gasteiger partial charge on any atom is 0.142 e. The molecular formula is C17H18FNO2. The third-order valence-corrected chi connectivity index (χ3v) is 3.75. The molecule has 1 atom stereocenters. The van der Waals surface area contributed by atoms with Gasteiger partial charge in [0.15, 0.2) is 0 Å². The van der Waals surface area contributed by atoms with Crippen molar-refractivity contribution in [2.24, 2.45) is 0 Å². The average molecular weight is 287 g/mol. The molecule has 3 nitrogen and oxygen atoms in total. The van der Waals surface area contributed by atoms with Crippen LogP contribution >= 0.6 is 0 Å². The number of nitrogens with zero attached hydrogens (tertiary/aromatic N) is 1. The third-order valence-electron chi connectivity index (χ3n) is 3.75. The molecule has 0 radical (unpaired) electrons. The summed E-state index contributed by atoms with van der Waals surface area (Å²) < 4.78 is 24.6. The predicted octanol–water partition coefficient (Wildman–Crippen LogP) is 3.96. The van der Waals surface area contributed by atoms with E-state index in [1.165, 1.54) is 18.7 Å². The molecule has 2 aromatic rings. The lowest BCUT2D eigenvalue weighted by atomic mass is 10.0. The van der Waals surface area contributed by atoms with Gasteiger partial charge in [-0.05, 0) is 37.5 Å². The SMILES string of the molecule is COc1ccc2ncc(F)cc2c1C=CC1CCCCO1. The second-order valence-corrected chi connectivity index (χ2v) is 5.17. The molecule has 1 unspecified atom stereocenters. The van der Waals surface area contributed by atoms with Gasteiger partial charge in [0.1, 0.15) is 11.6 Å². The van der Waals surface area contributed by atoms with Crippen LogP contribution in [0.5, 0.6) is 5.75 Å². The van der Waals surface area contributed by atoms with Crippen LogP contribution in [0.3, 0.4) is 0 Å².